The zero-order chi connectivity index (χ0) is 26.2. The van der Waals surface area contributed by atoms with Gasteiger partial charge in [0.25, 0.3) is 0 Å². The van der Waals surface area contributed by atoms with Crippen LogP contribution in [0.3, 0.4) is 0 Å². The van der Waals surface area contributed by atoms with E-state index in [1.54, 1.807) is 49.4 Å². The van der Waals surface area contributed by atoms with Crippen LogP contribution in [0.5, 0.6) is 5.75 Å². The van der Waals surface area contributed by atoms with Crippen LogP contribution in [0.4, 0.5) is 5.69 Å². The minimum absolute atomic E-state index is 0.0141. The molecule has 3 aliphatic carbocycles. The topological polar surface area (TPSA) is 91.8 Å². The Hall–Kier alpha value is -3.77. The number of Topliss-reactive ketones (excluding diaryl/α,β-unsaturated/α-hetero) is 1. The van der Waals surface area contributed by atoms with E-state index in [-0.39, 0.29) is 35.6 Å². The molecule has 4 unspecified atom stereocenters. The number of para-hydroxylation sites is 1. The Bertz CT molecular complexity index is 1530. The minimum atomic E-state index is -0.676. The number of carbonyl (C=O) groups is 4. The molecule has 1 heterocycles. The summed E-state index contributed by atoms with van der Waals surface area (Å²) >= 11 is 6.31. The lowest BCUT2D eigenvalue weighted by Gasteiger charge is -2.42. The van der Waals surface area contributed by atoms with Crippen LogP contribution in [-0.2, 0) is 19.2 Å². The van der Waals surface area contributed by atoms with Crippen LogP contribution < -0.4 is 4.90 Å². The number of nitrogens with zero attached hydrogens (tertiary/aromatic N) is 1. The van der Waals surface area contributed by atoms with Crippen molar-refractivity contribution in [3.05, 3.63) is 93.1 Å². The van der Waals surface area contributed by atoms with Crippen molar-refractivity contribution >= 4 is 40.7 Å². The van der Waals surface area contributed by atoms with Crippen molar-refractivity contribution < 1.29 is 24.3 Å². The second-order valence-electron chi connectivity index (χ2n) is 10.2. The maximum absolute atomic E-state index is 13.9. The zero-order valence-electron chi connectivity index (χ0n) is 20.3. The van der Waals surface area contributed by atoms with Gasteiger partial charge in [-0.15, -0.1) is 0 Å². The molecular formula is C30H24ClNO5. The van der Waals surface area contributed by atoms with E-state index < -0.39 is 23.7 Å². The fourth-order valence-corrected chi connectivity index (χ4v) is 6.60. The molecule has 1 aliphatic heterocycles. The number of phenols is 1. The van der Waals surface area contributed by atoms with E-state index in [9.17, 15) is 24.3 Å². The summed E-state index contributed by atoms with van der Waals surface area (Å²) in [4.78, 5) is 55.2. The number of imide groups is 1. The summed E-state index contributed by atoms with van der Waals surface area (Å²) in [7, 11) is 0. The van der Waals surface area contributed by atoms with Gasteiger partial charge < -0.3 is 5.11 Å². The van der Waals surface area contributed by atoms with Gasteiger partial charge >= 0.3 is 0 Å². The van der Waals surface area contributed by atoms with Crippen molar-refractivity contribution in [3.8, 4) is 5.75 Å². The molecule has 0 radical (unpaired) electrons. The molecule has 4 aliphatic rings. The molecule has 0 spiro atoms. The van der Waals surface area contributed by atoms with Crippen molar-refractivity contribution in [3.63, 3.8) is 0 Å². The van der Waals surface area contributed by atoms with Crippen LogP contribution in [0.2, 0.25) is 5.02 Å². The number of fused-ring (bicyclic) bond motifs is 3. The molecule has 1 fully saturated rings. The van der Waals surface area contributed by atoms with Gasteiger partial charge in [-0.3, -0.25) is 19.2 Å². The lowest BCUT2D eigenvalue weighted by Crippen LogP contribution is -2.39. The Morgan fingerprint density at radius 3 is 2.46 bits per heavy atom. The second kappa shape index (κ2) is 8.38. The SMILES string of the molecule is CC1=CC(=O)C2=C(C1=O)C(c1ccccc1O)C1=CCC3C(=O)N(c4ccc(C)c(Cl)c4)C(=O)C3C1C2. The van der Waals surface area contributed by atoms with Crippen molar-refractivity contribution in [2.24, 2.45) is 17.8 Å². The number of anilines is 1. The van der Waals surface area contributed by atoms with E-state index in [0.717, 1.165) is 11.1 Å². The van der Waals surface area contributed by atoms with Crippen molar-refractivity contribution in [1.29, 1.82) is 0 Å². The molecule has 186 valence electrons. The van der Waals surface area contributed by atoms with Gasteiger partial charge in [0.15, 0.2) is 11.6 Å². The van der Waals surface area contributed by atoms with Gasteiger partial charge in [0.05, 0.1) is 17.5 Å². The van der Waals surface area contributed by atoms with Crippen molar-refractivity contribution in [2.75, 3.05) is 4.90 Å². The molecule has 4 atom stereocenters. The summed E-state index contributed by atoms with van der Waals surface area (Å²) in [6.07, 6.45) is 3.82. The number of aryl methyl sites for hydroxylation is 1. The molecule has 7 heteroatoms. The largest absolute Gasteiger partial charge is 0.508 e. The first-order valence-corrected chi connectivity index (χ1v) is 12.7. The Kier molecular flexibility index (Phi) is 5.35. The highest BCUT2D eigenvalue weighted by Gasteiger charge is 2.56. The third-order valence-electron chi connectivity index (χ3n) is 8.23. The molecule has 2 aromatic rings. The monoisotopic (exact) mass is 513 g/mol. The molecule has 2 amide bonds. The fraction of sp³-hybridized carbons (Fsp3) is 0.267. The molecule has 0 aromatic heterocycles. The lowest BCUT2D eigenvalue weighted by molar-refractivity contribution is -0.123. The number of hydrogen-bond donors (Lipinski definition) is 1. The first-order chi connectivity index (χ1) is 17.7. The molecule has 0 saturated carbocycles. The summed E-state index contributed by atoms with van der Waals surface area (Å²) in [6, 6.07) is 11.9. The summed E-state index contributed by atoms with van der Waals surface area (Å²) in [5.74, 6) is -3.44. The molecule has 6 rings (SSSR count). The molecule has 2 aromatic carbocycles. The number of rotatable bonds is 2. The van der Waals surface area contributed by atoms with Gasteiger partial charge in [0.2, 0.25) is 11.8 Å². The summed E-state index contributed by atoms with van der Waals surface area (Å²) in [5, 5.41) is 11.2. The van der Waals surface area contributed by atoms with Crippen LogP contribution in [0, 0.1) is 24.7 Å². The van der Waals surface area contributed by atoms with Gasteiger partial charge in [0.1, 0.15) is 5.75 Å². The van der Waals surface area contributed by atoms with Gasteiger partial charge in [-0.2, -0.15) is 0 Å². The average Bonchev–Trinajstić information content (AvgIpc) is 3.13. The van der Waals surface area contributed by atoms with Gasteiger partial charge in [0, 0.05) is 33.2 Å². The number of allylic oxidation sites excluding steroid dienone is 6. The molecular weight excluding hydrogens is 490 g/mol. The van der Waals surface area contributed by atoms with Gasteiger partial charge in [-0.05, 0) is 62.4 Å². The molecule has 37 heavy (non-hydrogen) atoms. The molecule has 0 bridgehead atoms. The predicted molar refractivity (Wildman–Crippen MR) is 138 cm³/mol. The number of ketones is 2. The maximum Gasteiger partial charge on any atom is 0.238 e. The zero-order valence-corrected chi connectivity index (χ0v) is 21.1. The lowest BCUT2D eigenvalue weighted by atomic mass is 9.59. The third-order valence-corrected chi connectivity index (χ3v) is 8.63. The normalized spacial score (nSPS) is 27.1. The number of phenolic OH excluding ortho intramolecular Hbond substituents is 1. The average molecular weight is 514 g/mol. The molecule has 6 nitrogen and oxygen atoms in total. The third kappa shape index (κ3) is 3.39. The minimum Gasteiger partial charge on any atom is -0.508 e. The first kappa shape index (κ1) is 23.6. The number of halogens is 1. The van der Waals surface area contributed by atoms with Crippen LogP contribution in [0.15, 0.2) is 76.9 Å². The Labute approximate surface area is 218 Å². The highest BCUT2D eigenvalue weighted by atomic mass is 35.5. The van der Waals surface area contributed by atoms with Crippen LogP contribution >= 0.6 is 11.6 Å². The maximum atomic E-state index is 13.9. The predicted octanol–water partition coefficient (Wildman–Crippen LogP) is 4.99. The van der Waals surface area contributed by atoms with Crippen molar-refractivity contribution in [2.45, 2.75) is 32.6 Å². The van der Waals surface area contributed by atoms with E-state index in [0.29, 0.717) is 39.4 Å². The standard InChI is InChI=1S/C30H24ClNO5/c1-14-7-8-16(12-22(14)31)32-29(36)19-10-9-17-20(26(19)30(32)37)13-21-24(34)11-15(2)28(35)27(21)25(17)18-5-3-4-6-23(18)33/h3-9,11-12,19-20,25-26,33H,10,13H2,1-2H3. The number of aromatic hydroxyl groups is 1. The smallest absolute Gasteiger partial charge is 0.238 e. The van der Waals surface area contributed by atoms with Crippen LogP contribution in [0.1, 0.15) is 36.8 Å². The van der Waals surface area contributed by atoms with E-state index >= 15 is 0 Å². The van der Waals surface area contributed by atoms with Crippen LogP contribution in [-0.4, -0.2) is 28.5 Å². The second-order valence-corrected chi connectivity index (χ2v) is 10.6. The van der Waals surface area contributed by atoms with Crippen molar-refractivity contribution in [1.82, 2.24) is 0 Å². The first-order valence-electron chi connectivity index (χ1n) is 12.3. The summed E-state index contributed by atoms with van der Waals surface area (Å²) in [5.41, 5.74) is 3.67. The highest BCUT2D eigenvalue weighted by molar-refractivity contribution is 6.32. The Balaban J connectivity index is 1.49. The quantitative estimate of drug-likeness (QED) is 0.347. The Morgan fingerprint density at radius 1 is 0.973 bits per heavy atom. The van der Waals surface area contributed by atoms with E-state index in [1.807, 2.05) is 13.0 Å². The van der Waals surface area contributed by atoms with Gasteiger partial charge in [-0.25, -0.2) is 4.90 Å². The Morgan fingerprint density at radius 2 is 1.73 bits per heavy atom. The van der Waals surface area contributed by atoms with E-state index in [1.165, 1.54) is 11.0 Å². The molecule has 1 N–H and O–H groups in total. The van der Waals surface area contributed by atoms with E-state index in [2.05, 4.69) is 0 Å². The number of amides is 2. The van der Waals surface area contributed by atoms with Crippen LogP contribution in [0.25, 0.3) is 0 Å². The highest BCUT2D eigenvalue weighted by Crippen LogP contribution is 2.56. The number of hydrogen-bond acceptors (Lipinski definition) is 5. The number of benzene rings is 2. The number of carbonyl (C=O) groups excluding carboxylic acids is 4. The molecule has 1 saturated heterocycles. The van der Waals surface area contributed by atoms with Gasteiger partial charge in [-0.1, -0.05) is 47.5 Å². The summed E-state index contributed by atoms with van der Waals surface area (Å²) < 4.78 is 0. The fourth-order valence-electron chi connectivity index (χ4n) is 6.42. The summed E-state index contributed by atoms with van der Waals surface area (Å²) in [6.45, 7) is 3.47. The van der Waals surface area contributed by atoms with E-state index in [4.69, 9.17) is 11.6 Å².